The number of benzene rings is 1. The van der Waals surface area contributed by atoms with Gasteiger partial charge in [0.25, 0.3) is 5.69 Å². The van der Waals surface area contributed by atoms with Crippen molar-refractivity contribution in [1.29, 1.82) is 0 Å². The standard InChI is InChI=1S/C16H23N3O4/c1-12(18-8-4-7-16(2,10-18)11-20)15(21)17-13-5-3-6-14(9-13)19(22)23/h3,5-6,9,12,20H,4,7-8,10-11H2,1-2H3,(H,17,21). The topological polar surface area (TPSA) is 95.7 Å². The minimum Gasteiger partial charge on any atom is -0.396 e. The summed E-state index contributed by atoms with van der Waals surface area (Å²) < 4.78 is 0. The number of anilines is 1. The molecule has 0 saturated carbocycles. The maximum absolute atomic E-state index is 12.4. The molecule has 1 aliphatic heterocycles. The third-order valence-electron chi connectivity index (χ3n) is 4.44. The summed E-state index contributed by atoms with van der Waals surface area (Å²) in [7, 11) is 0. The number of carbonyl (C=O) groups is 1. The maximum atomic E-state index is 12.4. The molecule has 23 heavy (non-hydrogen) atoms. The summed E-state index contributed by atoms with van der Waals surface area (Å²) >= 11 is 0. The fourth-order valence-corrected chi connectivity index (χ4v) is 2.93. The highest BCUT2D eigenvalue weighted by molar-refractivity contribution is 5.94. The Morgan fingerprint density at radius 2 is 2.30 bits per heavy atom. The first-order valence-corrected chi connectivity index (χ1v) is 7.75. The van der Waals surface area contributed by atoms with Crippen molar-refractivity contribution < 1.29 is 14.8 Å². The summed E-state index contributed by atoms with van der Waals surface area (Å²) in [4.78, 5) is 24.8. The average molecular weight is 321 g/mol. The fourth-order valence-electron chi connectivity index (χ4n) is 2.93. The Morgan fingerprint density at radius 1 is 1.57 bits per heavy atom. The molecule has 0 bridgehead atoms. The van der Waals surface area contributed by atoms with Gasteiger partial charge in [0, 0.05) is 36.4 Å². The first-order valence-electron chi connectivity index (χ1n) is 7.75. The van der Waals surface area contributed by atoms with Gasteiger partial charge in [-0.25, -0.2) is 0 Å². The molecule has 1 aromatic carbocycles. The van der Waals surface area contributed by atoms with Gasteiger partial charge in [-0.1, -0.05) is 13.0 Å². The van der Waals surface area contributed by atoms with Crippen LogP contribution < -0.4 is 5.32 Å². The number of likely N-dealkylation sites (tertiary alicyclic amines) is 1. The number of aliphatic hydroxyl groups excluding tert-OH is 1. The normalized spacial score (nSPS) is 23.3. The molecule has 1 amide bonds. The molecule has 7 heteroatoms. The zero-order valence-corrected chi connectivity index (χ0v) is 13.5. The van der Waals surface area contributed by atoms with Crippen LogP contribution >= 0.6 is 0 Å². The van der Waals surface area contributed by atoms with Crippen LogP contribution in [0.5, 0.6) is 0 Å². The number of amides is 1. The molecule has 0 radical (unpaired) electrons. The summed E-state index contributed by atoms with van der Waals surface area (Å²) in [5.74, 6) is -0.201. The molecule has 7 nitrogen and oxygen atoms in total. The Hall–Kier alpha value is -1.99. The SMILES string of the molecule is CC(C(=O)Nc1cccc([N+](=O)[O-])c1)N1CCCC(C)(CO)C1. The number of carbonyl (C=O) groups excluding carboxylic acids is 1. The summed E-state index contributed by atoms with van der Waals surface area (Å²) in [5, 5.41) is 23.0. The van der Waals surface area contributed by atoms with Crippen molar-refractivity contribution in [3.05, 3.63) is 34.4 Å². The van der Waals surface area contributed by atoms with E-state index >= 15 is 0 Å². The number of nitrogens with one attached hydrogen (secondary N) is 1. The van der Waals surface area contributed by atoms with Gasteiger partial charge in [-0.15, -0.1) is 0 Å². The number of non-ortho nitro benzene ring substituents is 1. The van der Waals surface area contributed by atoms with Crippen LogP contribution in [-0.4, -0.2) is 46.6 Å². The number of hydrogen-bond donors (Lipinski definition) is 2. The fraction of sp³-hybridized carbons (Fsp3) is 0.562. The Morgan fingerprint density at radius 3 is 2.96 bits per heavy atom. The largest absolute Gasteiger partial charge is 0.396 e. The van der Waals surface area contributed by atoms with E-state index in [4.69, 9.17) is 0 Å². The van der Waals surface area contributed by atoms with E-state index in [1.165, 1.54) is 12.1 Å². The van der Waals surface area contributed by atoms with Crippen molar-refractivity contribution in [3.8, 4) is 0 Å². The van der Waals surface area contributed by atoms with Gasteiger partial charge in [-0.05, 0) is 32.4 Å². The highest BCUT2D eigenvalue weighted by Crippen LogP contribution is 2.30. The number of nitro benzene ring substituents is 1. The van der Waals surface area contributed by atoms with E-state index in [9.17, 15) is 20.0 Å². The Labute approximate surface area is 135 Å². The quantitative estimate of drug-likeness (QED) is 0.639. The molecule has 2 N–H and O–H groups in total. The van der Waals surface area contributed by atoms with Crippen molar-refractivity contribution in [2.75, 3.05) is 25.0 Å². The Bertz CT molecular complexity index is 592. The average Bonchev–Trinajstić information content (AvgIpc) is 2.54. The smallest absolute Gasteiger partial charge is 0.271 e. The van der Waals surface area contributed by atoms with E-state index in [0.717, 1.165) is 19.4 Å². The second-order valence-electron chi connectivity index (χ2n) is 6.52. The van der Waals surface area contributed by atoms with Gasteiger partial charge in [0.05, 0.1) is 11.0 Å². The van der Waals surface area contributed by atoms with Crippen LogP contribution in [0.2, 0.25) is 0 Å². The predicted molar refractivity (Wildman–Crippen MR) is 87.2 cm³/mol. The van der Waals surface area contributed by atoms with Crippen molar-refractivity contribution >= 4 is 17.3 Å². The first-order chi connectivity index (χ1) is 10.8. The lowest BCUT2D eigenvalue weighted by atomic mass is 9.82. The highest BCUT2D eigenvalue weighted by Gasteiger charge is 2.34. The molecule has 1 aliphatic rings. The number of nitro groups is 1. The number of nitrogens with zero attached hydrogens (tertiary/aromatic N) is 2. The molecule has 1 aromatic rings. The molecule has 2 rings (SSSR count). The van der Waals surface area contributed by atoms with Gasteiger partial charge in [0.15, 0.2) is 0 Å². The molecule has 126 valence electrons. The Balaban J connectivity index is 2.02. The molecule has 2 unspecified atom stereocenters. The molecule has 1 saturated heterocycles. The van der Waals surface area contributed by atoms with Gasteiger partial charge >= 0.3 is 0 Å². The zero-order valence-electron chi connectivity index (χ0n) is 13.5. The van der Waals surface area contributed by atoms with Crippen molar-refractivity contribution in [3.63, 3.8) is 0 Å². The lowest BCUT2D eigenvalue weighted by Crippen LogP contribution is -2.51. The van der Waals surface area contributed by atoms with Gasteiger partial charge in [0.1, 0.15) is 0 Å². The molecule has 0 spiro atoms. The van der Waals surface area contributed by atoms with Gasteiger partial charge < -0.3 is 10.4 Å². The summed E-state index contributed by atoms with van der Waals surface area (Å²) in [5.41, 5.74) is 0.178. The van der Waals surface area contributed by atoms with Crippen LogP contribution in [0.15, 0.2) is 24.3 Å². The van der Waals surface area contributed by atoms with E-state index in [0.29, 0.717) is 12.2 Å². The molecule has 2 atom stereocenters. The van der Waals surface area contributed by atoms with Crippen LogP contribution in [-0.2, 0) is 4.79 Å². The summed E-state index contributed by atoms with van der Waals surface area (Å²) in [6.07, 6.45) is 1.88. The van der Waals surface area contributed by atoms with E-state index in [2.05, 4.69) is 5.32 Å². The van der Waals surface area contributed by atoms with Gasteiger partial charge in [0.2, 0.25) is 5.91 Å². The third kappa shape index (κ3) is 4.27. The van der Waals surface area contributed by atoms with Crippen LogP contribution in [0.3, 0.4) is 0 Å². The van der Waals surface area contributed by atoms with Gasteiger partial charge in [-0.3, -0.25) is 19.8 Å². The molecular weight excluding hydrogens is 298 g/mol. The molecule has 1 heterocycles. The summed E-state index contributed by atoms with van der Waals surface area (Å²) in [6, 6.07) is 5.54. The minimum absolute atomic E-state index is 0.0544. The Kier molecular flexibility index (Phi) is 5.33. The molecule has 1 fully saturated rings. The van der Waals surface area contributed by atoms with E-state index < -0.39 is 4.92 Å². The van der Waals surface area contributed by atoms with Crippen LogP contribution in [0.4, 0.5) is 11.4 Å². The molecule has 0 aromatic heterocycles. The highest BCUT2D eigenvalue weighted by atomic mass is 16.6. The maximum Gasteiger partial charge on any atom is 0.271 e. The molecular formula is C16H23N3O4. The van der Waals surface area contributed by atoms with Crippen LogP contribution in [0, 0.1) is 15.5 Å². The lowest BCUT2D eigenvalue weighted by Gasteiger charge is -2.41. The van der Waals surface area contributed by atoms with E-state index in [1.807, 2.05) is 18.7 Å². The number of piperidine rings is 1. The van der Waals surface area contributed by atoms with Crippen LogP contribution in [0.1, 0.15) is 26.7 Å². The summed E-state index contributed by atoms with van der Waals surface area (Å²) in [6.45, 7) is 5.40. The van der Waals surface area contributed by atoms with Crippen molar-refractivity contribution in [1.82, 2.24) is 4.90 Å². The minimum atomic E-state index is -0.490. The van der Waals surface area contributed by atoms with E-state index in [1.54, 1.807) is 12.1 Å². The van der Waals surface area contributed by atoms with Crippen LogP contribution in [0.25, 0.3) is 0 Å². The van der Waals surface area contributed by atoms with E-state index in [-0.39, 0.29) is 29.7 Å². The third-order valence-corrected chi connectivity index (χ3v) is 4.44. The monoisotopic (exact) mass is 321 g/mol. The number of hydrogen-bond acceptors (Lipinski definition) is 5. The second kappa shape index (κ2) is 7.06. The lowest BCUT2D eigenvalue weighted by molar-refractivity contribution is -0.384. The van der Waals surface area contributed by atoms with Crippen molar-refractivity contribution in [2.24, 2.45) is 5.41 Å². The first kappa shape index (κ1) is 17.4. The van der Waals surface area contributed by atoms with Crippen molar-refractivity contribution in [2.45, 2.75) is 32.7 Å². The zero-order chi connectivity index (χ0) is 17.0. The van der Waals surface area contributed by atoms with Gasteiger partial charge in [-0.2, -0.15) is 0 Å². The molecule has 0 aliphatic carbocycles. The second-order valence-corrected chi connectivity index (χ2v) is 6.52. The number of aliphatic hydroxyl groups is 1. The predicted octanol–water partition coefficient (Wildman–Crippen LogP) is 2.02. The number of rotatable bonds is 5.